The molecule has 64 valence electrons. The van der Waals surface area contributed by atoms with Gasteiger partial charge in [0.2, 0.25) is 0 Å². The van der Waals surface area contributed by atoms with Crippen LogP contribution in [0.25, 0.3) is 0 Å². The van der Waals surface area contributed by atoms with Gasteiger partial charge in [-0.05, 0) is 6.08 Å². The van der Waals surface area contributed by atoms with Crippen LogP contribution in [0, 0.1) is 5.41 Å². The number of nitrogens with one attached hydrogen (secondary N) is 3. The molecule has 0 aliphatic carbocycles. The van der Waals surface area contributed by atoms with E-state index in [0.29, 0.717) is 13.1 Å². The molecule has 0 aromatic carbocycles. The summed E-state index contributed by atoms with van der Waals surface area (Å²) in [5.41, 5.74) is 0.938. The normalized spacial score (nSPS) is 11.3. The van der Waals surface area contributed by atoms with Gasteiger partial charge in [0.05, 0.1) is 6.61 Å². The first-order valence-corrected chi connectivity index (χ1v) is 3.54. The van der Waals surface area contributed by atoms with Crippen LogP contribution in [-0.4, -0.2) is 38.1 Å². The van der Waals surface area contributed by atoms with E-state index in [1.807, 2.05) is 0 Å². The molecule has 0 radical (unpaired) electrons. The third-order valence-corrected chi connectivity index (χ3v) is 1.21. The fourth-order valence-electron chi connectivity index (χ4n) is 0.633. The van der Waals surface area contributed by atoms with Gasteiger partial charge in [-0.2, -0.15) is 0 Å². The Morgan fingerprint density at radius 2 is 2.36 bits per heavy atom. The molecule has 0 rings (SSSR count). The van der Waals surface area contributed by atoms with Crippen LogP contribution < -0.4 is 10.6 Å². The summed E-state index contributed by atoms with van der Waals surface area (Å²) in [6.45, 7) is 1.38. The molecule has 0 aromatic heterocycles. The van der Waals surface area contributed by atoms with Gasteiger partial charge in [0, 0.05) is 32.0 Å². The second kappa shape index (κ2) is 7.24. The first-order valence-electron chi connectivity index (χ1n) is 3.54. The maximum absolute atomic E-state index is 8.43. The van der Waals surface area contributed by atoms with Crippen LogP contribution in [0.2, 0.25) is 0 Å². The predicted molar refractivity (Wildman–Crippen MR) is 45.9 cm³/mol. The molecule has 0 bridgehead atoms. The van der Waals surface area contributed by atoms with E-state index < -0.39 is 0 Å². The molecule has 0 atom stereocenters. The molecule has 0 fully saturated rings. The topological polar surface area (TPSA) is 68.1 Å². The van der Waals surface area contributed by atoms with Crippen LogP contribution in [0.5, 0.6) is 0 Å². The van der Waals surface area contributed by atoms with E-state index >= 15 is 0 Å². The molecule has 11 heavy (non-hydrogen) atoms. The quantitative estimate of drug-likeness (QED) is 0.305. The highest BCUT2D eigenvalue weighted by molar-refractivity contribution is 5.68. The summed E-state index contributed by atoms with van der Waals surface area (Å²) in [6.07, 6.45) is 2.90. The van der Waals surface area contributed by atoms with Crippen molar-refractivity contribution in [2.75, 3.05) is 26.7 Å². The van der Waals surface area contributed by atoms with Gasteiger partial charge in [0.25, 0.3) is 0 Å². The average molecular weight is 157 g/mol. The summed E-state index contributed by atoms with van der Waals surface area (Å²) in [5.74, 6) is 0. The number of hydrogen-bond acceptors (Lipinski definition) is 4. The number of likely N-dealkylation sites (N-methyl/N-ethyl adjacent to an activating group) is 1. The van der Waals surface area contributed by atoms with Crippen molar-refractivity contribution in [2.24, 2.45) is 0 Å². The van der Waals surface area contributed by atoms with Gasteiger partial charge in [0.1, 0.15) is 0 Å². The third kappa shape index (κ3) is 5.57. The minimum absolute atomic E-state index is 0.140. The molecule has 0 aromatic rings. The first kappa shape index (κ1) is 10.1. The van der Waals surface area contributed by atoms with Crippen LogP contribution >= 0.6 is 0 Å². The Balaban J connectivity index is 3.52. The SMILES string of the molecule is CN/C(=C\C=N)CNCCO. The summed E-state index contributed by atoms with van der Waals surface area (Å²) in [6, 6.07) is 0. The van der Waals surface area contributed by atoms with E-state index in [1.54, 1.807) is 13.1 Å². The standard InChI is InChI=1S/C7H15N3O/c1-9-7(2-3-8)6-10-4-5-11/h2-3,8-11H,4-6H2,1H3/b7-2-,8-3?. The van der Waals surface area contributed by atoms with E-state index in [2.05, 4.69) is 10.6 Å². The van der Waals surface area contributed by atoms with E-state index in [1.165, 1.54) is 6.21 Å². The van der Waals surface area contributed by atoms with Crippen LogP contribution in [0.1, 0.15) is 0 Å². The fourth-order valence-corrected chi connectivity index (χ4v) is 0.633. The lowest BCUT2D eigenvalue weighted by Crippen LogP contribution is -2.25. The number of rotatable bonds is 6. The summed E-state index contributed by atoms with van der Waals surface area (Å²) in [4.78, 5) is 0. The highest BCUT2D eigenvalue weighted by Crippen LogP contribution is 1.81. The third-order valence-electron chi connectivity index (χ3n) is 1.21. The summed E-state index contributed by atoms with van der Waals surface area (Å²) >= 11 is 0. The Kier molecular flexibility index (Phi) is 6.67. The lowest BCUT2D eigenvalue weighted by molar-refractivity contribution is 0.294. The molecular formula is C7H15N3O. The van der Waals surface area contributed by atoms with Gasteiger partial charge in [-0.25, -0.2) is 0 Å². The van der Waals surface area contributed by atoms with Crippen LogP contribution in [0.4, 0.5) is 0 Å². The molecule has 0 spiro atoms. The van der Waals surface area contributed by atoms with Gasteiger partial charge in [-0.1, -0.05) is 0 Å². The Bertz CT molecular complexity index is 134. The van der Waals surface area contributed by atoms with Crippen molar-refractivity contribution in [3.05, 3.63) is 11.8 Å². The van der Waals surface area contributed by atoms with Gasteiger partial charge < -0.3 is 21.1 Å². The molecule has 0 amide bonds. The van der Waals surface area contributed by atoms with Gasteiger partial charge in [-0.3, -0.25) is 0 Å². The van der Waals surface area contributed by atoms with E-state index in [4.69, 9.17) is 10.5 Å². The summed E-state index contributed by atoms with van der Waals surface area (Å²) in [7, 11) is 1.80. The molecule has 0 aliphatic heterocycles. The molecule has 0 unspecified atom stereocenters. The second-order valence-corrected chi connectivity index (χ2v) is 2.01. The lowest BCUT2D eigenvalue weighted by atomic mass is 10.4. The van der Waals surface area contributed by atoms with Gasteiger partial charge in [-0.15, -0.1) is 0 Å². The van der Waals surface area contributed by atoms with Crippen molar-refractivity contribution in [1.82, 2.24) is 10.6 Å². The Morgan fingerprint density at radius 1 is 1.64 bits per heavy atom. The highest BCUT2D eigenvalue weighted by Gasteiger charge is 1.89. The Labute approximate surface area is 66.8 Å². The molecule has 0 heterocycles. The zero-order valence-corrected chi connectivity index (χ0v) is 6.72. The predicted octanol–water partition coefficient (Wildman–Crippen LogP) is -0.679. The minimum atomic E-state index is 0.140. The summed E-state index contributed by atoms with van der Waals surface area (Å²) < 4.78 is 0. The average Bonchev–Trinajstić information content (AvgIpc) is 2.03. The molecule has 0 saturated heterocycles. The minimum Gasteiger partial charge on any atom is -0.395 e. The molecule has 4 nitrogen and oxygen atoms in total. The summed E-state index contributed by atoms with van der Waals surface area (Å²) in [5, 5.41) is 21.1. The molecule has 4 heteroatoms. The zero-order chi connectivity index (χ0) is 8.53. The Morgan fingerprint density at radius 3 is 2.82 bits per heavy atom. The van der Waals surface area contributed by atoms with E-state index in [9.17, 15) is 0 Å². The van der Waals surface area contributed by atoms with Crippen molar-refractivity contribution in [3.63, 3.8) is 0 Å². The van der Waals surface area contributed by atoms with Crippen molar-refractivity contribution < 1.29 is 5.11 Å². The van der Waals surface area contributed by atoms with Crippen molar-refractivity contribution in [1.29, 1.82) is 5.41 Å². The van der Waals surface area contributed by atoms with Crippen LogP contribution in [-0.2, 0) is 0 Å². The lowest BCUT2D eigenvalue weighted by Gasteiger charge is -2.05. The zero-order valence-electron chi connectivity index (χ0n) is 6.72. The van der Waals surface area contributed by atoms with Crippen LogP contribution in [0.3, 0.4) is 0 Å². The van der Waals surface area contributed by atoms with Gasteiger partial charge >= 0.3 is 0 Å². The number of hydrogen-bond donors (Lipinski definition) is 4. The second-order valence-electron chi connectivity index (χ2n) is 2.01. The smallest absolute Gasteiger partial charge is 0.0556 e. The largest absolute Gasteiger partial charge is 0.395 e. The van der Waals surface area contributed by atoms with Crippen molar-refractivity contribution >= 4 is 6.21 Å². The maximum atomic E-state index is 8.43. The highest BCUT2D eigenvalue weighted by atomic mass is 16.3. The van der Waals surface area contributed by atoms with E-state index in [0.717, 1.165) is 5.70 Å². The van der Waals surface area contributed by atoms with Crippen molar-refractivity contribution in [3.8, 4) is 0 Å². The fraction of sp³-hybridized carbons (Fsp3) is 0.571. The number of allylic oxidation sites excluding steroid dienone is 1. The molecule has 0 saturated carbocycles. The van der Waals surface area contributed by atoms with Gasteiger partial charge in [0.15, 0.2) is 0 Å². The number of aliphatic hydroxyl groups is 1. The first-order chi connectivity index (χ1) is 5.35. The van der Waals surface area contributed by atoms with Crippen molar-refractivity contribution in [2.45, 2.75) is 0 Å². The molecular weight excluding hydrogens is 142 g/mol. The van der Waals surface area contributed by atoms with Crippen LogP contribution in [0.15, 0.2) is 11.8 Å². The number of aliphatic hydroxyl groups excluding tert-OH is 1. The molecule has 4 N–H and O–H groups in total. The maximum Gasteiger partial charge on any atom is 0.0556 e. The monoisotopic (exact) mass is 157 g/mol. The Hall–Kier alpha value is -0.870. The van der Waals surface area contributed by atoms with E-state index in [-0.39, 0.29) is 6.61 Å². The molecule has 0 aliphatic rings.